The van der Waals surface area contributed by atoms with Crippen molar-refractivity contribution in [2.24, 2.45) is 5.92 Å². The third-order valence-corrected chi connectivity index (χ3v) is 5.12. The quantitative estimate of drug-likeness (QED) is 0.890. The number of rotatable bonds is 5. The van der Waals surface area contributed by atoms with Gasteiger partial charge in [-0.1, -0.05) is 34.6 Å². The molecule has 2 rings (SSSR count). The molecule has 114 valence electrons. The van der Waals surface area contributed by atoms with E-state index >= 15 is 0 Å². The normalized spacial score (nSPS) is 17.4. The molecule has 1 aliphatic heterocycles. The van der Waals surface area contributed by atoms with Gasteiger partial charge >= 0.3 is 0 Å². The lowest BCUT2D eigenvalue weighted by Crippen LogP contribution is -2.32. The first-order chi connectivity index (χ1) is 9.47. The van der Waals surface area contributed by atoms with Crippen LogP contribution in [0.4, 0.5) is 5.13 Å². The molecule has 1 aromatic heterocycles. The van der Waals surface area contributed by atoms with Crippen molar-refractivity contribution in [3.8, 4) is 0 Å². The number of nitrogens with one attached hydrogen (secondary N) is 1. The molecular formula is C16H29N3S. The van der Waals surface area contributed by atoms with E-state index in [9.17, 15) is 0 Å². The molecular weight excluding hydrogens is 266 g/mol. The molecule has 1 fully saturated rings. The Morgan fingerprint density at radius 1 is 1.25 bits per heavy atom. The van der Waals surface area contributed by atoms with E-state index in [1.807, 2.05) is 11.3 Å². The minimum Gasteiger partial charge on any atom is -0.348 e. The fraction of sp³-hybridized carbons (Fsp3) is 0.812. The molecule has 1 N–H and O–H groups in total. The van der Waals surface area contributed by atoms with Crippen molar-refractivity contribution < 1.29 is 0 Å². The lowest BCUT2D eigenvalue weighted by Gasteiger charge is -2.29. The second-order valence-electron chi connectivity index (χ2n) is 6.66. The number of nitrogens with zero attached hydrogens (tertiary/aromatic N) is 2. The molecule has 0 bridgehead atoms. The van der Waals surface area contributed by atoms with Crippen molar-refractivity contribution in [3.63, 3.8) is 0 Å². The van der Waals surface area contributed by atoms with Crippen molar-refractivity contribution >= 4 is 16.5 Å². The average Bonchev–Trinajstić information content (AvgIpc) is 2.81. The lowest BCUT2D eigenvalue weighted by atomic mass is 10.00. The molecule has 0 aromatic carbocycles. The van der Waals surface area contributed by atoms with Crippen LogP contribution in [0.15, 0.2) is 0 Å². The summed E-state index contributed by atoms with van der Waals surface area (Å²) in [7, 11) is 0. The summed E-state index contributed by atoms with van der Waals surface area (Å²) >= 11 is 1.89. The smallest absolute Gasteiger partial charge is 0.185 e. The topological polar surface area (TPSA) is 28.2 Å². The molecule has 1 aliphatic rings. The van der Waals surface area contributed by atoms with E-state index in [0.717, 1.165) is 12.5 Å². The Morgan fingerprint density at radius 2 is 1.90 bits per heavy atom. The van der Waals surface area contributed by atoms with Gasteiger partial charge in [0.1, 0.15) is 0 Å². The first-order valence-corrected chi connectivity index (χ1v) is 8.77. The molecule has 1 aromatic rings. The Bertz CT molecular complexity index is 417. The van der Waals surface area contributed by atoms with E-state index < -0.39 is 0 Å². The van der Waals surface area contributed by atoms with Crippen molar-refractivity contribution in [1.29, 1.82) is 0 Å². The Kier molecular flexibility index (Phi) is 5.44. The fourth-order valence-corrected chi connectivity index (χ4v) is 3.78. The van der Waals surface area contributed by atoms with Crippen molar-refractivity contribution in [2.45, 2.75) is 66.0 Å². The number of anilines is 1. The van der Waals surface area contributed by atoms with E-state index in [1.54, 1.807) is 0 Å². The highest BCUT2D eigenvalue weighted by molar-refractivity contribution is 7.15. The molecule has 0 unspecified atom stereocenters. The number of thiazole rings is 1. The summed E-state index contributed by atoms with van der Waals surface area (Å²) in [5.41, 5.74) is 1.29. The summed E-state index contributed by atoms with van der Waals surface area (Å²) in [6.45, 7) is 14.5. The first-order valence-electron chi connectivity index (χ1n) is 7.95. The zero-order valence-electron chi connectivity index (χ0n) is 13.6. The van der Waals surface area contributed by atoms with Gasteiger partial charge in [-0.15, -0.1) is 11.3 Å². The molecule has 0 aliphatic carbocycles. The zero-order chi connectivity index (χ0) is 14.7. The van der Waals surface area contributed by atoms with Crippen molar-refractivity contribution in [2.75, 3.05) is 18.0 Å². The summed E-state index contributed by atoms with van der Waals surface area (Å²) in [6.07, 6.45) is 2.60. The Hall–Kier alpha value is -0.610. The predicted octanol–water partition coefficient (Wildman–Crippen LogP) is 4.00. The zero-order valence-corrected chi connectivity index (χ0v) is 14.4. The number of hydrogen-bond donors (Lipinski definition) is 1. The highest BCUT2D eigenvalue weighted by atomic mass is 32.1. The van der Waals surface area contributed by atoms with Gasteiger partial charge < -0.3 is 10.2 Å². The van der Waals surface area contributed by atoms with E-state index in [-0.39, 0.29) is 0 Å². The van der Waals surface area contributed by atoms with Crippen LogP contribution in [-0.4, -0.2) is 24.1 Å². The van der Waals surface area contributed by atoms with Gasteiger partial charge in [-0.3, -0.25) is 0 Å². The highest BCUT2D eigenvalue weighted by Crippen LogP contribution is 2.32. The van der Waals surface area contributed by atoms with Gasteiger partial charge in [0, 0.05) is 30.6 Å². The van der Waals surface area contributed by atoms with E-state index in [1.165, 1.54) is 41.6 Å². The summed E-state index contributed by atoms with van der Waals surface area (Å²) in [5, 5.41) is 4.77. The van der Waals surface area contributed by atoms with Crippen LogP contribution in [-0.2, 0) is 6.54 Å². The van der Waals surface area contributed by atoms with Crippen LogP contribution in [0.5, 0.6) is 0 Å². The van der Waals surface area contributed by atoms with Crippen LogP contribution in [0.25, 0.3) is 0 Å². The molecule has 0 saturated carbocycles. The maximum atomic E-state index is 4.94. The minimum atomic E-state index is 0.507. The number of hydrogen-bond acceptors (Lipinski definition) is 4. The molecule has 0 radical (unpaired) electrons. The van der Waals surface area contributed by atoms with Crippen molar-refractivity contribution in [3.05, 3.63) is 10.6 Å². The number of piperidine rings is 1. The largest absolute Gasteiger partial charge is 0.348 e. The highest BCUT2D eigenvalue weighted by Gasteiger charge is 2.21. The third kappa shape index (κ3) is 3.95. The summed E-state index contributed by atoms with van der Waals surface area (Å²) < 4.78 is 0. The second-order valence-corrected chi connectivity index (χ2v) is 7.73. The number of aromatic nitrogens is 1. The maximum absolute atomic E-state index is 4.94. The van der Waals surface area contributed by atoms with Crippen LogP contribution in [0.3, 0.4) is 0 Å². The van der Waals surface area contributed by atoms with E-state index in [4.69, 9.17) is 4.98 Å². The van der Waals surface area contributed by atoms with E-state index in [0.29, 0.717) is 12.0 Å². The SMILES string of the molecule is CC1CCN(c2nc(C(C)C)c(CNC(C)C)s2)CC1. The van der Waals surface area contributed by atoms with Gasteiger partial charge in [-0.2, -0.15) is 0 Å². The second kappa shape index (κ2) is 6.90. The molecule has 0 spiro atoms. The summed E-state index contributed by atoms with van der Waals surface area (Å²) in [4.78, 5) is 8.84. The Morgan fingerprint density at radius 3 is 2.45 bits per heavy atom. The van der Waals surface area contributed by atoms with Gasteiger partial charge in [-0.05, 0) is 24.7 Å². The fourth-order valence-electron chi connectivity index (χ4n) is 2.56. The summed E-state index contributed by atoms with van der Waals surface area (Å²) in [5.74, 6) is 1.38. The predicted molar refractivity (Wildman–Crippen MR) is 88.8 cm³/mol. The standard InChI is InChI=1S/C16H29N3S/c1-11(2)15-14(10-17-12(3)4)20-16(18-15)19-8-6-13(5)7-9-19/h11-13,17H,6-10H2,1-5H3. The van der Waals surface area contributed by atoms with Crippen LogP contribution in [0, 0.1) is 5.92 Å². The molecule has 1 saturated heterocycles. The molecule has 4 heteroatoms. The first kappa shape index (κ1) is 15.8. The van der Waals surface area contributed by atoms with Crippen LogP contribution >= 0.6 is 11.3 Å². The van der Waals surface area contributed by atoms with Crippen LogP contribution in [0.1, 0.15) is 63.9 Å². The van der Waals surface area contributed by atoms with Gasteiger partial charge in [0.15, 0.2) is 5.13 Å². The Balaban J connectivity index is 2.11. The molecule has 2 heterocycles. The molecule has 0 amide bonds. The van der Waals surface area contributed by atoms with Gasteiger partial charge in [0.05, 0.1) is 5.69 Å². The minimum absolute atomic E-state index is 0.507. The molecule has 0 atom stereocenters. The van der Waals surface area contributed by atoms with Gasteiger partial charge in [0.25, 0.3) is 0 Å². The molecule has 3 nitrogen and oxygen atoms in total. The monoisotopic (exact) mass is 295 g/mol. The van der Waals surface area contributed by atoms with E-state index in [2.05, 4.69) is 44.8 Å². The summed E-state index contributed by atoms with van der Waals surface area (Å²) in [6, 6.07) is 0.524. The van der Waals surface area contributed by atoms with Gasteiger partial charge in [0.2, 0.25) is 0 Å². The van der Waals surface area contributed by atoms with Crippen LogP contribution < -0.4 is 10.2 Å². The van der Waals surface area contributed by atoms with Gasteiger partial charge in [-0.25, -0.2) is 4.98 Å². The molecule has 20 heavy (non-hydrogen) atoms. The average molecular weight is 295 g/mol. The van der Waals surface area contributed by atoms with Crippen LogP contribution in [0.2, 0.25) is 0 Å². The maximum Gasteiger partial charge on any atom is 0.185 e. The lowest BCUT2D eigenvalue weighted by molar-refractivity contribution is 0.438. The Labute approximate surface area is 127 Å². The third-order valence-electron chi connectivity index (χ3n) is 3.99. The van der Waals surface area contributed by atoms with Crippen molar-refractivity contribution in [1.82, 2.24) is 10.3 Å².